The van der Waals surface area contributed by atoms with Gasteiger partial charge < -0.3 is 19.9 Å². The van der Waals surface area contributed by atoms with Gasteiger partial charge in [-0.1, -0.05) is 12.0 Å². The molecule has 0 spiro atoms. The van der Waals surface area contributed by atoms with E-state index in [-0.39, 0.29) is 23.4 Å². The number of carbonyl (C=O) groups excluding carboxylic acids is 1. The zero-order chi connectivity index (χ0) is 21.4. The summed E-state index contributed by atoms with van der Waals surface area (Å²) in [5, 5.41) is 20.9. The molecule has 0 aliphatic heterocycles. The lowest BCUT2D eigenvalue weighted by molar-refractivity contribution is -0.112. The maximum absolute atomic E-state index is 12.4. The van der Waals surface area contributed by atoms with Crippen molar-refractivity contribution in [2.75, 3.05) is 19.0 Å². The minimum Gasteiger partial charge on any atom is -0.493 e. The second kappa shape index (κ2) is 10.2. The molecule has 0 saturated carbocycles. The number of ether oxygens (including phenoxy) is 2. The van der Waals surface area contributed by atoms with Gasteiger partial charge >= 0.3 is 5.97 Å². The van der Waals surface area contributed by atoms with Crippen LogP contribution >= 0.6 is 22.6 Å². The van der Waals surface area contributed by atoms with Crippen LogP contribution in [0.4, 0.5) is 5.69 Å². The molecular weight excluding hydrogens is 487 g/mol. The molecule has 0 aliphatic carbocycles. The summed E-state index contributed by atoms with van der Waals surface area (Å²) in [6.07, 6.45) is 6.61. The van der Waals surface area contributed by atoms with Crippen LogP contribution < -0.4 is 14.8 Å². The Kier molecular flexibility index (Phi) is 7.63. The Morgan fingerprint density at radius 2 is 2.10 bits per heavy atom. The van der Waals surface area contributed by atoms with E-state index in [0.29, 0.717) is 20.6 Å². The molecule has 1 amide bonds. The van der Waals surface area contributed by atoms with E-state index < -0.39 is 11.9 Å². The highest BCUT2D eigenvalue weighted by atomic mass is 127. The number of anilines is 1. The topological polar surface area (TPSA) is 109 Å². The van der Waals surface area contributed by atoms with Crippen LogP contribution in [0.25, 0.3) is 6.08 Å². The van der Waals surface area contributed by atoms with Crippen molar-refractivity contribution in [3.63, 3.8) is 0 Å². The van der Waals surface area contributed by atoms with Gasteiger partial charge in [-0.25, -0.2) is 4.79 Å². The Labute approximate surface area is 181 Å². The molecular formula is C21H15IN2O5. The second-order valence-corrected chi connectivity index (χ2v) is 6.70. The van der Waals surface area contributed by atoms with Gasteiger partial charge in [0.25, 0.3) is 5.91 Å². The molecule has 2 aromatic rings. The van der Waals surface area contributed by atoms with Gasteiger partial charge in [-0.15, -0.1) is 6.42 Å². The number of hydrogen-bond donors (Lipinski definition) is 2. The number of hydrogen-bond acceptors (Lipinski definition) is 5. The number of carbonyl (C=O) groups is 2. The van der Waals surface area contributed by atoms with Crippen LogP contribution in [0.1, 0.15) is 15.9 Å². The van der Waals surface area contributed by atoms with Gasteiger partial charge in [0.1, 0.15) is 18.2 Å². The lowest BCUT2D eigenvalue weighted by Crippen LogP contribution is -2.14. The highest BCUT2D eigenvalue weighted by Crippen LogP contribution is 2.34. The number of carboxylic acid groups (broad SMARTS) is 1. The van der Waals surface area contributed by atoms with E-state index in [1.165, 1.54) is 37.5 Å². The molecule has 0 fully saturated rings. The molecule has 0 heterocycles. The largest absolute Gasteiger partial charge is 0.493 e. The van der Waals surface area contributed by atoms with E-state index in [0.717, 1.165) is 0 Å². The molecule has 0 aromatic heterocycles. The maximum atomic E-state index is 12.4. The van der Waals surface area contributed by atoms with Crippen molar-refractivity contribution in [3.8, 4) is 29.9 Å². The molecule has 0 radical (unpaired) electrons. The highest BCUT2D eigenvalue weighted by Gasteiger charge is 2.14. The predicted molar refractivity (Wildman–Crippen MR) is 116 cm³/mol. The molecule has 29 heavy (non-hydrogen) atoms. The molecule has 146 valence electrons. The average molecular weight is 502 g/mol. The van der Waals surface area contributed by atoms with Gasteiger partial charge in [0.2, 0.25) is 0 Å². The number of aromatic carboxylic acids is 1. The van der Waals surface area contributed by atoms with Crippen molar-refractivity contribution in [2.45, 2.75) is 0 Å². The first-order valence-corrected chi connectivity index (χ1v) is 9.17. The zero-order valence-corrected chi connectivity index (χ0v) is 17.4. The Bertz CT molecular complexity index is 1060. The molecule has 0 atom stereocenters. The minimum atomic E-state index is -1.12. The van der Waals surface area contributed by atoms with Gasteiger partial charge in [-0.2, -0.15) is 5.26 Å². The number of halogens is 1. The summed E-state index contributed by atoms with van der Waals surface area (Å²) in [6.45, 7) is 0.0722. The van der Waals surface area contributed by atoms with E-state index in [2.05, 4.69) is 11.2 Å². The number of nitrogens with one attached hydrogen (secondary N) is 1. The van der Waals surface area contributed by atoms with E-state index in [9.17, 15) is 14.9 Å². The smallest absolute Gasteiger partial charge is 0.335 e. The highest BCUT2D eigenvalue weighted by molar-refractivity contribution is 14.1. The number of carboxylic acids is 1. The van der Waals surface area contributed by atoms with Crippen LogP contribution in [0.2, 0.25) is 0 Å². The Hall–Kier alpha value is -3.50. The van der Waals surface area contributed by atoms with Crippen LogP contribution in [0.3, 0.4) is 0 Å². The van der Waals surface area contributed by atoms with Crippen molar-refractivity contribution in [2.24, 2.45) is 0 Å². The summed E-state index contributed by atoms with van der Waals surface area (Å²) >= 11 is 2.04. The van der Waals surface area contributed by atoms with Gasteiger partial charge in [0, 0.05) is 5.69 Å². The first-order chi connectivity index (χ1) is 13.9. The van der Waals surface area contributed by atoms with Crippen LogP contribution in [0.5, 0.6) is 11.5 Å². The van der Waals surface area contributed by atoms with Crippen LogP contribution in [0, 0.1) is 27.2 Å². The standard InChI is InChI=1S/C21H15IN2O5/c1-3-7-29-19-17(22)9-13(10-18(19)28-2)8-15(12-23)20(25)24-16-6-4-5-14(11-16)21(26)27/h1,4-6,8-11H,7H2,2H3,(H,24,25)(H,26,27)/b15-8-. The van der Waals surface area contributed by atoms with Crippen molar-refractivity contribution in [1.29, 1.82) is 5.26 Å². The molecule has 7 nitrogen and oxygen atoms in total. The first-order valence-electron chi connectivity index (χ1n) is 8.10. The summed E-state index contributed by atoms with van der Waals surface area (Å²) in [7, 11) is 1.47. The quantitative estimate of drug-likeness (QED) is 0.260. The fraction of sp³-hybridized carbons (Fsp3) is 0.0952. The predicted octanol–water partition coefficient (Wildman–Crippen LogP) is 3.56. The maximum Gasteiger partial charge on any atom is 0.335 e. The number of nitrogens with zero attached hydrogens (tertiary/aromatic N) is 1. The lowest BCUT2D eigenvalue weighted by Gasteiger charge is -2.12. The van der Waals surface area contributed by atoms with Crippen molar-refractivity contribution in [3.05, 3.63) is 56.7 Å². The number of benzene rings is 2. The molecule has 2 N–H and O–H groups in total. The van der Waals surface area contributed by atoms with Gasteiger partial charge in [-0.05, 0) is 64.6 Å². The summed E-state index contributed by atoms with van der Waals surface area (Å²) < 4.78 is 11.5. The van der Waals surface area contributed by atoms with E-state index in [1.807, 2.05) is 28.7 Å². The third-order valence-corrected chi connectivity index (χ3v) is 4.40. The van der Waals surface area contributed by atoms with Crippen LogP contribution in [0.15, 0.2) is 42.0 Å². The number of rotatable bonds is 7. The Balaban J connectivity index is 2.31. The fourth-order valence-electron chi connectivity index (χ4n) is 2.32. The number of terminal acetylenes is 1. The van der Waals surface area contributed by atoms with Crippen LogP contribution in [-0.2, 0) is 4.79 Å². The summed E-state index contributed by atoms with van der Waals surface area (Å²) in [4.78, 5) is 23.5. The number of methoxy groups -OCH3 is 1. The molecule has 2 rings (SSSR count). The number of nitriles is 1. The summed E-state index contributed by atoms with van der Waals surface area (Å²) in [5.41, 5.74) is 0.666. The van der Waals surface area contributed by atoms with Crippen molar-refractivity contribution in [1.82, 2.24) is 0 Å². The van der Waals surface area contributed by atoms with Crippen molar-refractivity contribution >= 4 is 46.2 Å². The summed E-state index contributed by atoms with van der Waals surface area (Å²) in [5.74, 6) is 1.46. The second-order valence-electron chi connectivity index (χ2n) is 5.54. The number of amides is 1. The van der Waals surface area contributed by atoms with Crippen molar-refractivity contribution < 1.29 is 24.2 Å². The monoisotopic (exact) mass is 502 g/mol. The molecule has 0 bridgehead atoms. The van der Waals surface area contributed by atoms with Gasteiger partial charge in [0.15, 0.2) is 11.5 Å². The minimum absolute atomic E-state index is 0.0205. The van der Waals surface area contributed by atoms with E-state index in [1.54, 1.807) is 12.1 Å². The first kappa shape index (κ1) is 21.8. The summed E-state index contributed by atoms with van der Waals surface area (Å²) in [6, 6.07) is 10.9. The molecule has 0 unspecified atom stereocenters. The third kappa shape index (κ3) is 5.74. The fourth-order valence-corrected chi connectivity index (χ4v) is 3.10. The molecule has 0 saturated heterocycles. The molecule has 0 aliphatic rings. The van der Waals surface area contributed by atoms with Crippen LogP contribution in [-0.4, -0.2) is 30.7 Å². The average Bonchev–Trinajstić information content (AvgIpc) is 2.70. The SMILES string of the molecule is C#CCOc1c(I)cc(/C=C(/C#N)C(=O)Nc2cccc(C(=O)O)c2)cc1OC. The van der Waals surface area contributed by atoms with E-state index in [4.69, 9.17) is 21.0 Å². The molecule has 8 heteroatoms. The Morgan fingerprint density at radius 3 is 2.72 bits per heavy atom. The Morgan fingerprint density at radius 1 is 1.34 bits per heavy atom. The zero-order valence-electron chi connectivity index (χ0n) is 15.2. The lowest BCUT2D eigenvalue weighted by atomic mass is 10.1. The van der Waals surface area contributed by atoms with Gasteiger partial charge in [-0.3, -0.25) is 4.79 Å². The van der Waals surface area contributed by atoms with Gasteiger partial charge in [0.05, 0.1) is 16.2 Å². The third-order valence-electron chi connectivity index (χ3n) is 3.60. The normalized spacial score (nSPS) is 10.4. The van der Waals surface area contributed by atoms with E-state index >= 15 is 0 Å². The molecule has 2 aromatic carbocycles.